The van der Waals surface area contributed by atoms with Crippen molar-refractivity contribution in [2.75, 3.05) is 31.2 Å². The molecule has 0 aromatic heterocycles. The summed E-state index contributed by atoms with van der Waals surface area (Å²) in [7, 11) is 1.97. The van der Waals surface area contributed by atoms with Crippen LogP contribution in [0.15, 0.2) is 18.2 Å². The van der Waals surface area contributed by atoms with Crippen LogP contribution in [-0.4, -0.2) is 30.9 Å². The summed E-state index contributed by atoms with van der Waals surface area (Å²) >= 11 is 0. The molecule has 0 saturated heterocycles. The minimum Gasteiger partial charge on any atom is -0.396 e. The van der Waals surface area contributed by atoms with Crippen molar-refractivity contribution < 1.29 is 9.18 Å². The van der Waals surface area contributed by atoms with Crippen molar-refractivity contribution in [1.82, 2.24) is 4.90 Å². The van der Waals surface area contributed by atoms with Gasteiger partial charge in [-0.05, 0) is 44.0 Å². The van der Waals surface area contributed by atoms with E-state index < -0.39 is 5.82 Å². The first-order valence-corrected chi connectivity index (χ1v) is 7.58. The molecule has 0 bridgehead atoms. The normalized spacial score (nSPS) is 16.1. The summed E-state index contributed by atoms with van der Waals surface area (Å²) in [4.78, 5) is 14.0. The fourth-order valence-corrected chi connectivity index (χ4v) is 2.94. The van der Waals surface area contributed by atoms with Crippen LogP contribution in [0.1, 0.15) is 32.1 Å². The number of hydrogen-bond acceptors (Lipinski definition) is 3. The van der Waals surface area contributed by atoms with E-state index in [4.69, 9.17) is 5.73 Å². The Morgan fingerprint density at radius 3 is 2.76 bits per heavy atom. The van der Waals surface area contributed by atoms with Crippen molar-refractivity contribution >= 4 is 17.3 Å². The molecule has 3 N–H and O–H groups in total. The molecule has 0 unspecified atom stereocenters. The first-order valence-electron chi connectivity index (χ1n) is 7.58. The fraction of sp³-hybridized carbons (Fsp3) is 0.562. The third-order valence-electron chi connectivity index (χ3n) is 3.99. The summed E-state index contributed by atoms with van der Waals surface area (Å²) < 4.78 is 13.1. The highest BCUT2D eigenvalue weighted by molar-refractivity contribution is 5.92. The van der Waals surface area contributed by atoms with Crippen LogP contribution in [0.4, 0.5) is 15.8 Å². The number of carbonyl (C=O) groups is 1. The smallest absolute Gasteiger partial charge is 0.238 e. The van der Waals surface area contributed by atoms with E-state index in [0.717, 1.165) is 6.54 Å². The lowest BCUT2D eigenvalue weighted by Gasteiger charge is -2.26. The van der Waals surface area contributed by atoms with Crippen LogP contribution < -0.4 is 11.1 Å². The third kappa shape index (κ3) is 5.01. The number of likely N-dealkylation sites (N-methyl/N-ethyl adjacent to an activating group) is 1. The van der Waals surface area contributed by atoms with Crippen molar-refractivity contribution in [2.45, 2.75) is 32.1 Å². The second-order valence-corrected chi connectivity index (χ2v) is 5.99. The lowest BCUT2D eigenvalue weighted by molar-refractivity contribution is -0.117. The van der Waals surface area contributed by atoms with Crippen LogP contribution >= 0.6 is 0 Å². The van der Waals surface area contributed by atoms with E-state index in [0.29, 0.717) is 18.2 Å². The maximum atomic E-state index is 13.1. The SMILES string of the molecule is CN(CC(=O)Nc1ccc(F)c(N)c1)CC1CCCCC1. The number of halogens is 1. The van der Waals surface area contributed by atoms with E-state index in [1.165, 1.54) is 50.3 Å². The summed E-state index contributed by atoms with van der Waals surface area (Å²) in [6.45, 7) is 1.30. The van der Waals surface area contributed by atoms with Crippen molar-refractivity contribution in [3.05, 3.63) is 24.0 Å². The molecule has 0 aliphatic heterocycles. The molecular weight excluding hydrogens is 269 g/mol. The van der Waals surface area contributed by atoms with Gasteiger partial charge in [0.15, 0.2) is 0 Å². The number of nitrogens with zero attached hydrogens (tertiary/aromatic N) is 1. The van der Waals surface area contributed by atoms with E-state index >= 15 is 0 Å². The second-order valence-electron chi connectivity index (χ2n) is 5.99. The average molecular weight is 293 g/mol. The maximum absolute atomic E-state index is 13.1. The maximum Gasteiger partial charge on any atom is 0.238 e. The van der Waals surface area contributed by atoms with Gasteiger partial charge in [0, 0.05) is 12.2 Å². The molecular formula is C16H24FN3O. The van der Waals surface area contributed by atoms with E-state index in [2.05, 4.69) is 10.2 Å². The molecule has 1 amide bonds. The Labute approximate surface area is 125 Å². The lowest BCUT2D eigenvalue weighted by atomic mass is 9.89. The molecule has 1 fully saturated rings. The van der Waals surface area contributed by atoms with Crippen molar-refractivity contribution in [1.29, 1.82) is 0 Å². The summed E-state index contributed by atoms with van der Waals surface area (Å²) in [6.07, 6.45) is 6.48. The number of nitrogen functional groups attached to an aromatic ring is 1. The third-order valence-corrected chi connectivity index (χ3v) is 3.99. The zero-order valence-corrected chi connectivity index (χ0v) is 12.6. The molecule has 1 aliphatic rings. The number of nitrogens with one attached hydrogen (secondary N) is 1. The molecule has 0 atom stereocenters. The number of hydrogen-bond donors (Lipinski definition) is 2. The van der Waals surface area contributed by atoms with Gasteiger partial charge in [0.1, 0.15) is 5.82 Å². The van der Waals surface area contributed by atoms with Gasteiger partial charge in [0.25, 0.3) is 0 Å². The summed E-state index contributed by atoms with van der Waals surface area (Å²) in [6, 6.07) is 4.22. The van der Waals surface area contributed by atoms with Crippen LogP contribution in [0, 0.1) is 11.7 Å². The minimum atomic E-state index is -0.470. The molecule has 4 nitrogen and oxygen atoms in total. The summed E-state index contributed by atoms with van der Waals surface area (Å²) in [5, 5.41) is 2.75. The number of rotatable bonds is 5. The van der Waals surface area contributed by atoms with Crippen molar-refractivity contribution in [3.63, 3.8) is 0 Å². The molecule has 0 radical (unpaired) electrons. The average Bonchev–Trinajstić information content (AvgIpc) is 2.43. The number of anilines is 2. The molecule has 0 spiro atoms. The van der Waals surface area contributed by atoms with Gasteiger partial charge >= 0.3 is 0 Å². The highest BCUT2D eigenvalue weighted by atomic mass is 19.1. The fourth-order valence-electron chi connectivity index (χ4n) is 2.94. The van der Waals surface area contributed by atoms with Gasteiger partial charge in [-0.3, -0.25) is 9.69 Å². The Hall–Kier alpha value is -1.62. The van der Waals surface area contributed by atoms with E-state index in [9.17, 15) is 9.18 Å². The van der Waals surface area contributed by atoms with Crippen LogP contribution in [0.5, 0.6) is 0 Å². The Morgan fingerprint density at radius 1 is 1.38 bits per heavy atom. The molecule has 116 valence electrons. The van der Waals surface area contributed by atoms with Crippen molar-refractivity contribution in [2.24, 2.45) is 5.92 Å². The quantitative estimate of drug-likeness (QED) is 0.821. The van der Waals surface area contributed by atoms with Gasteiger partial charge in [-0.1, -0.05) is 19.3 Å². The van der Waals surface area contributed by atoms with Gasteiger partial charge in [0.05, 0.1) is 12.2 Å². The van der Waals surface area contributed by atoms with E-state index in [1.807, 2.05) is 7.05 Å². The largest absolute Gasteiger partial charge is 0.396 e. The van der Waals surface area contributed by atoms with Gasteiger partial charge in [-0.15, -0.1) is 0 Å². The number of nitrogens with two attached hydrogens (primary N) is 1. The van der Waals surface area contributed by atoms with Crippen molar-refractivity contribution in [3.8, 4) is 0 Å². The van der Waals surface area contributed by atoms with E-state index in [-0.39, 0.29) is 11.6 Å². The van der Waals surface area contributed by atoms with Crippen LogP contribution in [0.3, 0.4) is 0 Å². The van der Waals surface area contributed by atoms with E-state index in [1.54, 1.807) is 0 Å². The van der Waals surface area contributed by atoms with Crippen LogP contribution in [0.25, 0.3) is 0 Å². The number of benzene rings is 1. The molecule has 1 aromatic carbocycles. The highest BCUT2D eigenvalue weighted by Gasteiger charge is 2.16. The van der Waals surface area contributed by atoms with Crippen LogP contribution in [-0.2, 0) is 4.79 Å². The van der Waals surface area contributed by atoms with Gasteiger partial charge < -0.3 is 11.1 Å². The monoisotopic (exact) mass is 293 g/mol. The molecule has 2 rings (SSSR count). The Balaban J connectivity index is 1.78. The zero-order valence-electron chi connectivity index (χ0n) is 12.6. The predicted octanol–water partition coefficient (Wildman–Crippen LogP) is 2.86. The number of carbonyl (C=O) groups excluding carboxylic acids is 1. The minimum absolute atomic E-state index is 0.0448. The van der Waals surface area contributed by atoms with Gasteiger partial charge in [-0.25, -0.2) is 4.39 Å². The molecule has 1 aromatic rings. The zero-order chi connectivity index (χ0) is 15.2. The highest BCUT2D eigenvalue weighted by Crippen LogP contribution is 2.24. The Bertz CT molecular complexity index is 486. The Morgan fingerprint density at radius 2 is 2.10 bits per heavy atom. The lowest BCUT2D eigenvalue weighted by Crippen LogP contribution is -2.34. The number of amides is 1. The molecule has 5 heteroatoms. The first kappa shape index (κ1) is 15.8. The molecule has 1 aliphatic carbocycles. The molecule has 0 heterocycles. The Kier molecular flexibility index (Phi) is 5.56. The van der Waals surface area contributed by atoms with Gasteiger partial charge in [0.2, 0.25) is 5.91 Å². The van der Waals surface area contributed by atoms with Crippen LogP contribution in [0.2, 0.25) is 0 Å². The van der Waals surface area contributed by atoms with Gasteiger partial charge in [-0.2, -0.15) is 0 Å². The molecule has 1 saturated carbocycles. The second kappa shape index (κ2) is 7.41. The summed E-state index contributed by atoms with van der Waals surface area (Å²) in [5.74, 6) is 0.139. The first-order chi connectivity index (χ1) is 10.0. The predicted molar refractivity (Wildman–Crippen MR) is 83.5 cm³/mol. The standard InChI is InChI=1S/C16H24FN3O/c1-20(10-12-5-3-2-4-6-12)11-16(21)19-13-7-8-14(17)15(18)9-13/h7-9,12H,2-6,10-11,18H2,1H3,(H,19,21). The topological polar surface area (TPSA) is 58.4 Å². The molecule has 21 heavy (non-hydrogen) atoms. The summed E-state index contributed by atoms with van der Waals surface area (Å²) in [5.41, 5.74) is 6.06.